The lowest BCUT2D eigenvalue weighted by Gasteiger charge is -2.10. The molecule has 0 heterocycles. The first kappa shape index (κ1) is 9.96. The van der Waals surface area contributed by atoms with E-state index in [4.69, 9.17) is 5.11 Å². The van der Waals surface area contributed by atoms with E-state index in [0.717, 1.165) is 13.0 Å². The zero-order valence-corrected chi connectivity index (χ0v) is 7.66. The van der Waals surface area contributed by atoms with Gasteiger partial charge < -0.3 is 15.5 Å². The van der Waals surface area contributed by atoms with Crippen molar-refractivity contribution < 1.29 is 10.2 Å². The van der Waals surface area contributed by atoms with Crippen molar-refractivity contribution in [2.24, 2.45) is 5.92 Å². The number of nitrogens with one attached hydrogen (secondary N) is 1. The van der Waals surface area contributed by atoms with Gasteiger partial charge in [0.25, 0.3) is 0 Å². The summed E-state index contributed by atoms with van der Waals surface area (Å²) in [6.07, 6.45) is 2.71. The van der Waals surface area contributed by atoms with E-state index in [1.807, 2.05) is 0 Å². The van der Waals surface area contributed by atoms with Crippen molar-refractivity contribution in [1.29, 1.82) is 0 Å². The van der Waals surface area contributed by atoms with Gasteiger partial charge in [0.2, 0.25) is 0 Å². The standard InChI is InChI=1S/C9H19NO2/c1-7(11)4-5-10-6-9(12)8-2-3-8/h7-12H,2-6H2,1H3. The van der Waals surface area contributed by atoms with E-state index in [0.29, 0.717) is 12.5 Å². The van der Waals surface area contributed by atoms with Gasteiger partial charge in [-0.1, -0.05) is 0 Å². The van der Waals surface area contributed by atoms with Crippen LogP contribution in [-0.2, 0) is 0 Å². The maximum Gasteiger partial charge on any atom is 0.0692 e. The fourth-order valence-corrected chi connectivity index (χ4v) is 1.21. The molecule has 0 saturated heterocycles. The van der Waals surface area contributed by atoms with Gasteiger partial charge in [0.1, 0.15) is 0 Å². The fourth-order valence-electron chi connectivity index (χ4n) is 1.21. The lowest BCUT2D eigenvalue weighted by molar-refractivity contribution is 0.143. The highest BCUT2D eigenvalue weighted by Gasteiger charge is 2.28. The molecule has 0 aliphatic heterocycles. The minimum Gasteiger partial charge on any atom is -0.393 e. The zero-order valence-electron chi connectivity index (χ0n) is 7.66. The highest BCUT2D eigenvalue weighted by atomic mass is 16.3. The van der Waals surface area contributed by atoms with Gasteiger partial charge in [-0.15, -0.1) is 0 Å². The molecule has 2 unspecified atom stereocenters. The third kappa shape index (κ3) is 4.04. The van der Waals surface area contributed by atoms with Gasteiger partial charge in [-0.3, -0.25) is 0 Å². The van der Waals surface area contributed by atoms with Crippen LogP contribution in [-0.4, -0.2) is 35.5 Å². The first-order chi connectivity index (χ1) is 5.70. The van der Waals surface area contributed by atoms with Crippen LogP contribution in [0.2, 0.25) is 0 Å². The molecule has 0 aromatic carbocycles. The summed E-state index contributed by atoms with van der Waals surface area (Å²) in [5, 5.41) is 21.5. The highest BCUT2D eigenvalue weighted by Crippen LogP contribution is 2.32. The van der Waals surface area contributed by atoms with Gasteiger partial charge in [-0.25, -0.2) is 0 Å². The maximum atomic E-state index is 9.43. The molecule has 3 nitrogen and oxygen atoms in total. The summed E-state index contributed by atoms with van der Waals surface area (Å²) in [6, 6.07) is 0. The van der Waals surface area contributed by atoms with E-state index in [2.05, 4.69) is 5.32 Å². The van der Waals surface area contributed by atoms with Crippen molar-refractivity contribution in [2.45, 2.75) is 38.4 Å². The first-order valence-electron chi connectivity index (χ1n) is 4.77. The number of hydrogen-bond acceptors (Lipinski definition) is 3. The predicted octanol–water partition coefficient (Wildman–Crippen LogP) is 0.118. The Labute approximate surface area is 73.8 Å². The third-order valence-corrected chi connectivity index (χ3v) is 2.26. The monoisotopic (exact) mass is 173 g/mol. The van der Waals surface area contributed by atoms with Crippen LogP contribution in [0.4, 0.5) is 0 Å². The van der Waals surface area contributed by atoms with E-state index in [9.17, 15) is 5.11 Å². The molecule has 1 fully saturated rings. The molecule has 1 aliphatic rings. The maximum absolute atomic E-state index is 9.43. The van der Waals surface area contributed by atoms with Crippen LogP contribution < -0.4 is 5.32 Å². The van der Waals surface area contributed by atoms with Gasteiger partial charge in [-0.2, -0.15) is 0 Å². The molecule has 1 aliphatic carbocycles. The molecule has 0 radical (unpaired) electrons. The van der Waals surface area contributed by atoms with Crippen LogP contribution in [0, 0.1) is 5.92 Å². The second-order valence-corrected chi connectivity index (χ2v) is 3.75. The van der Waals surface area contributed by atoms with Crippen molar-refractivity contribution in [3.8, 4) is 0 Å². The summed E-state index contributed by atoms with van der Waals surface area (Å²) >= 11 is 0. The van der Waals surface area contributed by atoms with E-state index < -0.39 is 0 Å². The molecule has 3 heteroatoms. The van der Waals surface area contributed by atoms with E-state index in [-0.39, 0.29) is 12.2 Å². The van der Waals surface area contributed by atoms with Crippen molar-refractivity contribution in [1.82, 2.24) is 5.32 Å². The third-order valence-electron chi connectivity index (χ3n) is 2.26. The molecule has 12 heavy (non-hydrogen) atoms. The van der Waals surface area contributed by atoms with Crippen LogP contribution in [0.1, 0.15) is 26.2 Å². The number of rotatable bonds is 6. The quantitative estimate of drug-likeness (QED) is 0.500. The summed E-state index contributed by atoms with van der Waals surface area (Å²) in [5.41, 5.74) is 0. The zero-order chi connectivity index (χ0) is 8.97. The molecule has 0 aromatic heterocycles. The predicted molar refractivity (Wildman–Crippen MR) is 47.9 cm³/mol. The lowest BCUT2D eigenvalue weighted by Crippen LogP contribution is -2.30. The normalized spacial score (nSPS) is 22.2. The van der Waals surface area contributed by atoms with Crippen molar-refractivity contribution in [2.75, 3.05) is 13.1 Å². The molecule has 0 spiro atoms. The highest BCUT2D eigenvalue weighted by molar-refractivity contribution is 4.81. The van der Waals surface area contributed by atoms with Crippen molar-refractivity contribution in [3.63, 3.8) is 0 Å². The Bertz CT molecular complexity index is 124. The summed E-state index contributed by atoms with van der Waals surface area (Å²) in [4.78, 5) is 0. The molecule has 0 aromatic rings. The second kappa shape index (κ2) is 4.80. The van der Waals surface area contributed by atoms with Gasteiger partial charge >= 0.3 is 0 Å². The van der Waals surface area contributed by atoms with Crippen LogP contribution in [0.15, 0.2) is 0 Å². The van der Waals surface area contributed by atoms with Gasteiger partial charge in [0.15, 0.2) is 0 Å². The Morgan fingerprint density at radius 2 is 2.08 bits per heavy atom. The number of aliphatic hydroxyl groups is 2. The van der Waals surface area contributed by atoms with E-state index >= 15 is 0 Å². The number of aliphatic hydroxyl groups excluding tert-OH is 2. The molecule has 1 saturated carbocycles. The SMILES string of the molecule is CC(O)CCNCC(O)C1CC1. The minimum atomic E-state index is -0.240. The summed E-state index contributed by atoms with van der Waals surface area (Å²) < 4.78 is 0. The average Bonchev–Trinajstić information content (AvgIpc) is 2.79. The Balaban J connectivity index is 1.87. The molecule has 0 bridgehead atoms. The largest absolute Gasteiger partial charge is 0.393 e. The Hall–Kier alpha value is -0.120. The van der Waals surface area contributed by atoms with Gasteiger partial charge in [-0.05, 0) is 38.6 Å². The van der Waals surface area contributed by atoms with Gasteiger partial charge in [0, 0.05) is 6.54 Å². The smallest absolute Gasteiger partial charge is 0.0692 e. The van der Waals surface area contributed by atoms with Crippen LogP contribution >= 0.6 is 0 Å². The van der Waals surface area contributed by atoms with Crippen molar-refractivity contribution >= 4 is 0 Å². The molecule has 0 amide bonds. The van der Waals surface area contributed by atoms with E-state index in [1.54, 1.807) is 6.92 Å². The average molecular weight is 173 g/mol. The van der Waals surface area contributed by atoms with Crippen LogP contribution in [0.3, 0.4) is 0 Å². The Morgan fingerprint density at radius 3 is 2.58 bits per heavy atom. The van der Waals surface area contributed by atoms with Crippen LogP contribution in [0.5, 0.6) is 0 Å². The second-order valence-electron chi connectivity index (χ2n) is 3.75. The topological polar surface area (TPSA) is 52.5 Å². The molecule has 1 rings (SSSR count). The van der Waals surface area contributed by atoms with Gasteiger partial charge in [0.05, 0.1) is 12.2 Å². The Kier molecular flexibility index (Phi) is 3.98. The summed E-state index contributed by atoms with van der Waals surface area (Å²) in [6.45, 7) is 3.25. The first-order valence-corrected chi connectivity index (χ1v) is 4.77. The molecule has 2 atom stereocenters. The number of hydrogen-bond donors (Lipinski definition) is 3. The lowest BCUT2D eigenvalue weighted by atomic mass is 10.2. The van der Waals surface area contributed by atoms with Crippen molar-refractivity contribution in [3.05, 3.63) is 0 Å². The molecule has 72 valence electrons. The molecule has 3 N–H and O–H groups in total. The van der Waals surface area contributed by atoms with Crippen LogP contribution in [0.25, 0.3) is 0 Å². The molecular formula is C9H19NO2. The molecular weight excluding hydrogens is 154 g/mol. The summed E-state index contributed by atoms with van der Waals surface area (Å²) in [5.74, 6) is 0.545. The van der Waals surface area contributed by atoms with E-state index in [1.165, 1.54) is 12.8 Å². The fraction of sp³-hybridized carbons (Fsp3) is 1.00. The Morgan fingerprint density at radius 1 is 1.42 bits per heavy atom. The minimum absolute atomic E-state index is 0.168. The summed E-state index contributed by atoms with van der Waals surface area (Å²) in [7, 11) is 0.